The van der Waals surface area contributed by atoms with Crippen LogP contribution in [0.25, 0.3) is 6.08 Å². The Hall–Kier alpha value is -1.81. The number of hydrogen-bond acceptors (Lipinski definition) is 4. The van der Waals surface area contributed by atoms with Gasteiger partial charge in [-0.2, -0.15) is 0 Å². The van der Waals surface area contributed by atoms with E-state index in [2.05, 4.69) is 13.8 Å². The molecule has 1 heterocycles. The second kappa shape index (κ2) is 18.4. The number of hydrogen-bond donors (Lipinski definition) is 0. The highest BCUT2D eigenvalue weighted by Crippen LogP contribution is 2.32. The number of carbonyl (C=O) groups is 2. The molecule has 202 valence electrons. The van der Waals surface area contributed by atoms with Crippen molar-refractivity contribution < 1.29 is 19.1 Å². The van der Waals surface area contributed by atoms with Crippen molar-refractivity contribution in [3.63, 3.8) is 0 Å². The fourth-order valence-corrected chi connectivity index (χ4v) is 4.94. The lowest BCUT2D eigenvalue weighted by Crippen LogP contribution is -2.47. The summed E-state index contributed by atoms with van der Waals surface area (Å²) >= 11 is 5.94. The molecule has 1 aromatic rings. The maximum atomic E-state index is 12.6. The summed E-state index contributed by atoms with van der Waals surface area (Å²) in [7, 11) is 0. The first-order chi connectivity index (χ1) is 17.5. The molecule has 0 aromatic heterocycles. The third-order valence-electron chi connectivity index (χ3n) is 7.08. The van der Waals surface area contributed by atoms with E-state index in [0.717, 1.165) is 44.1 Å². The van der Waals surface area contributed by atoms with E-state index in [1.807, 2.05) is 12.1 Å². The van der Waals surface area contributed by atoms with E-state index in [4.69, 9.17) is 21.1 Å². The minimum absolute atomic E-state index is 0.0456. The van der Waals surface area contributed by atoms with E-state index >= 15 is 0 Å². The van der Waals surface area contributed by atoms with E-state index in [0.29, 0.717) is 11.4 Å². The number of carbonyl (C=O) groups excluding carboxylic acids is 2. The maximum absolute atomic E-state index is 12.6. The summed E-state index contributed by atoms with van der Waals surface area (Å²) in [6.45, 7) is 4.43. The zero-order valence-electron chi connectivity index (χ0n) is 22.5. The lowest BCUT2D eigenvalue weighted by molar-refractivity contribution is -0.189. The van der Waals surface area contributed by atoms with Crippen LogP contribution < -0.4 is 0 Å². The number of unbranched alkanes of at least 4 members (excludes halogenated alkanes) is 11. The van der Waals surface area contributed by atoms with Gasteiger partial charge >= 0.3 is 11.9 Å². The molecule has 5 heteroatoms. The summed E-state index contributed by atoms with van der Waals surface area (Å²) in [4.78, 5) is 24.7. The van der Waals surface area contributed by atoms with Gasteiger partial charge in [0.15, 0.2) is 0 Å². The van der Waals surface area contributed by atoms with Crippen LogP contribution in [-0.4, -0.2) is 24.1 Å². The summed E-state index contributed by atoms with van der Waals surface area (Å²) in [5, 5.41) is 0.662. The first-order valence-electron chi connectivity index (χ1n) is 14.4. The molecule has 0 aliphatic carbocycles. The molecule has 0 N–H and O–H groups in total. The lowest BCUT2D eigenvalue weighted by atomic mass is 9.86. The van der Waals surface area contributed by atoms with Gasteiger partial charge in [-0.05, 0) is 43.0 Å². The van der Waals surface area contributed by atoms with Gasteiger partial charge in [0.1, 0.15) is 12.2 Å². The van der Waals surface area contributed by atoms with Crippen molar-refractivity contribution in [3.8, 4) is 0 Å². The van der Waals surface area contributed by atoms with Crippen molar-refractivity contribution in [2.75, 3.05) is 0 Å². The van der Waals surface area contributed by atoms with Gasteiger partial charge in [-0.3, -0.25) is 4.79 Å². The zero-order valence-corrected chi connectivity index (χ0v) is 23.3. The van der Waals surface area contributed by atoms with Crippen molar-refractivity contribution in [3.05, 3.63) is 40.9 Å². The van der Waals surface area contributed by atoms with E-state index in [-0.39, 0.29) is 30.1 Å². The standard InChI is InChI=1S/C31H47ClO4/c1-3-5-7-9-10-11-12-13-14-16-27(24-29-28(31(34)36-29)17-15-8-6-4-2)35-30(33)23-20-25-18-21-26(32)22-19-25/h18-23,27-29H,3-17,24H2,1-2H3/b23-20+/t27-,28-,29-/m0/s1. The topological polar surface area (TPSA) is 52.6 Å². The monoisotopic (exact) mass is 518 g/mol. The molecule has 0 radical (unpaired) electrons. The maximum Gasteiger partial charge on any atom is 0.331 e. The van der Waals surface area contributed by atoms with Gasteiger partial charge in [0.25, 0.3) is 0 Å². The van der Waals surface area contributed by atoms with Crippen molar-refractivity contribution in [2.45, 2.75) is 129 Å². The zero-order chi connectivity index (χ0) is 26.0. The molecule has 0 amide bonds. The van der Waals surface area contributed by atoms with Crippen molar-refractivity contribution in [1.29, 1.82) is 0 Å². The molecule has 2 rings (SSSR count). The number of halogens is 1. The smallest absolute Gasteiger partial charge is 0.331 e. The average Bonchev–Trinajstić information content (AvgIpc) is 2.86. The molecule has 4 nitrogen and oxygen atoms in total. The minimum Gasteiger partial charge on any atom is -0.461 e. The number of esters is 2. The quantitative estimate of drug-likeness (QED) is 0.0980. The van der Waals surface area contributed by atoms with Gasteiger partial charge in [-0.25, -0.2) is 4.79 Å². The fourth-order valence-electron chi connectivity index (χ4n) is 4.81. The number of cyclic esters (lactones) is 1. The Balaban J connectivity index is 1.82. The minimum atomic E-state index is -0.351. The van der Waals surface area contributed by atoms with Crippen LogP contribution in [0.2, 0.25) is 5.02 Å². The largest absolute Gasteiger partial charge is 0.461 e. The molecule has 1 aliphatic heterocycles. The average molecular weight is 519 g/mol. The van der Waals surface area contributed by atoms with Gasteiger partial charge < -0.3 is 9.47 Å². The molecule has 1 saturated heterocycles. The predicted octanol–water partition coefficient (Wildman–Crippen LogP) is 9.09. The van der Waals surface area contributed by atoms with Gasteiger partial charge in [-0.1, -0.05) is 115 Å². The summed E-state index contributed by atoms with van der Waals surface area (Å²) in [6.07, 6.45) is 21.0. The third-order valence-corrected chi connectivity index (χ3v) is 7.33. The SMILES string of the molecule is CCCCCCCCCCC[C@@H](C[C@@H]1OC(=O)[C@H]1CCCCCC)OC(=O)/C=C/c1ccc(Cl)cc1. The van der Waals surface area contributed by atoms with E-state index in [1.165, 1.54) is 63.9 Å². The summed E-state index contributed by atoms with van der Waals surface area (Å²) in [5.74, 6) is -0.487. The highest BCUT2D eigenvalue weighted by molar-refractivity contribution is 6.30. The molecular formula is C31H47ClO4. The fraction of sp³-hybridized carbons (Fsp3) is 0.677. The van der Waals surface area contributed by atoms with Crippen LogP contribution in [-0.2, 0) is 19.1 Å². The number of ether oxygens (including phenoxy) is 2. The van der Waals surface area contributed by atoms with Crippen molar-refractivity contribution >= 4 is 29.6 Å². The Labute approximate surface area is 224 Å². The van der Waals surface area contributed by atoms with Gasteiger partial charge in [-0.15, -0.1) is 0 Å². The van der Waals surface area contributed by atoms with Crippen molar-refractivity contribution in [1.82, 2.24) is 0 Å². The van der Waals surface area contributed by atoms with Crippen LogP contribution in [0.1, 0.15) is 122 Å². The number of rotatable bonds is 20. The Morgan fingerprint density at radius 2 is 1.50 bits per heavy atom. The summed E-state index contributed by atoms with van der Waals surface area (Å²) in [6, 6.07) is 7.32. The molecule has 0 unspecified atom stereocenters. The Kier molecular flexibility index (Phi) is 15.6. The molecule has 0 saturated carbocycles. The summed E-state index contributed by atoms with van der Waals surface area (Å²) < 4.78 is 11.4. The predicted molar refractivity (Wildman–Crippen MR) is 149 cm³/mol. The molecule has 0 spiro atoms. The molecule has 3 atom stereocenters. The van der Waals surface area contributed by atoms with Crippen molar-refractivity contribution in [2.24, 2.45) is 5.92 Å². The molecular weight excluding hydrogens is 472 g/mol. The van der Waals surface area contributed by atoms with Gasteiger partial charge in [0.05, 0.1) is 5.92 Å². The normalized spacial score (nSPS) is 18.1. The van der Waals surface area contributed by atoms with Gasteiger partial charge in [0, 0.05) is 17.5 Å². The highest BCUT2D eigenvalue weighted by atomic mass is 35.5. The van der Waals surface area contributed by atoms with Crippen LogP contribution in [0.15, 0.2) is 30.3 Å². The second-order valence-electron chi connectivity index (χ2n) is 10.2. The van der Waals surface area contributed by atoms with Crippen LogP contribution in [0.5, 0.6) is 0 Å². The Bertz CT molecular complexity index is 773. The molecule has 1 fully saturated rings. The van der Waals surface area contributed by atoms with Gasteiger partial charge in [0.2, 0.25) is 0 Å². The Morgan fingerprint density at radius 3 is 2.11 bits per heavy atom. The molecule has 1 aliphatic rings. The third kappa shape index (κ3) is 12.4. The van der Waals surface area contributed by atoms with Crippen LogP contribution in [0.4, 0.5) is 0 Å². The molecule has 0 bridgehead atoms. The molecule has 36 heavy (non-hydrogen) atoms. The van der Waals surface area contributed by atoms with Crippen LogP contribution in [0.3, 0.4) is 0 Å². The number of benzene rings is 1. The first kappa shape index (κ1) is 30.4. The van der Waals surface area contributed by atoms with E-state index in [1.54, 1.807) is 18.2 Å². The molecule has 1 aromatic carbocycles. The summed E-state index contributed by atoms with van der Waals surface area (Å²) in [5.41, 5.74) is 0.895. The van der Waals surface area contributed by atoms with Crippen LogP contribution in [0, 0.1) is 5.92 Å². The first-order valence-corrected chi connectivity index (χ1v) is 14.8. The Morgan fingerprint density at radius 1 is 0.917 bits per heavy atom. The van der Waals surface area contributed by atoms with E-state index in [9.17, 15) is 9.59 Å². The lowest BCUT2D eigenvalue weighted by Gasteiger charge is -2.37. The second-order valence-corrected chi connectivity index (χ2v) is 10.7. The van der Waals surface area contributed by atoms with Crippen LogP contribution >= 0.6 is 11.6 Å². The highest BCUT2D eigenvalue weighted by Gasteiger charge is 2.43. The van der Waals surface area contributed by atoms with E-state index < -0.39 is 0 Å².